The van der Waals surface area contributed by atoms with E-state index in [1.54, 1.807) is 12.1 Å². The van der Waals surface area contributed by atoms with Crippen LogP contribution in [-0.4, -0.2) is 41.1 Å². The van der Waals surface area contributed by atoms with E-state index < -0.39 is 0 Å². The van der Waals surface area contributed by atoms with Gasteiger partial charge in [0, 0.05) is 31.7 Å². The number of likely N-dealkylation sites (tertiary alicyclic amines) is 1. The van der Waals surface area contributed by atoms with Crippen molar-refractivity contribution in [3.63, 3.8) is 0 Å². The maximum absolute atomic E-state index is 13.7. The van der Waals surface area contributed by atoms with Crippen LogP contribution < -0.4 is 4.74 Å². The monoisotopic (exact) mass is 452 g/mol. The van der Waals surface area contributed by atoms with Gasteiger partial charge in [-0.25, -0.2) is 4.39 Å². The lowest BCUT2D eigenvalue weighted by Crippen LogP contribution is -2.45. The molecule has 4 rings (SSSR count). The van der Waals surface area contributed by atoms with Crippen molar-refractivity contribution < 1.29 is 13.9 Å². The Bertz CT molecular complexity index is 931. The van der Waals surface area contributed by atoms with E-state index in [0.717, 1.165) is 54.4 Å². The van der Waals surface area contributed by atoms with Gasteiger partial charge in [-0.15, -0.1) is 0 Å². The largest absolute Gasteiger partial charge is 0.491 e. The number of ether oxygens (including phenoxy) is 2. The Morgan fingerprint density at radius 2 is 1.79 bits per heavy atom. The lowest BCUT2D eigenvalue weighted by molar-refractivity contribution is 0.0440. The van der Waals surface area contributed by atoms with E-state index in [9.17, 15) is 4.39 Å². The molecule has 2 fully saturated rings. The molecule has 0 bridgehead atoms. The highest BCUT2D eigenvalue weighted by Gasteiger charge is 2.34. The van der Waals surface area contributed by atoms with Gasteiger partial charge < -0.3 is 19.3 Å². The molecule has 2 aromatic rings. The lowest BCUT2D eigenvalue weighted by atomic mass is 10.0. The smallest absolute Gasteiger partial charge is 0.182 e. The van der Waals surface area contributed by atoms with Crippen molar-refractivity contribution in [1.29, 1.82) is 0 Å². The highest BCUT2D eigenvalue weighted by Crippen LogP contribution is 2.32. The van der Waals surface area contributed by atoms with Crippen LogP contribution in [0.3, 0.4) is 0 Å². The molecular weight excluding hydrogens is 415 g/mol. The number of hydrogen-bond acceptors (Lipinski definition) is 4. The quantitative estimate of drug-likeness (QED) is 0.411. The zero-order chi connectivity index (χ0) is 23.4. The SMILES string of the molecule is C=C(OCc1ccc(OC(C)C)cc1)N(Cc1ccc(F)cc1C)C1CCN(C2CC2)CC1. The van der Waals surface area contributed by atoms with Gasteiger partial charge in [-0.05, 0) is 94.0 Å². The van der Waals surface area contributed by atoms with Gasteiger partial charge >= 0.3 is 0 Å². The van der Waals surface area contributed by atoms with Crippen LogP contribution in [0, 0.1) is 12.7 Å². The van der Waals surface area contributed by atoms with Crippen molar-refractivity contribution in [1.82, 2.24) is 9.80 Å². The van der Waals surface area contributed by atoms with Gasteiger partial charge in [-0.1, -0.05) is 18.2 Å². The van der Waals surface area contributed by atoms with Crippen molar-refractivity contribution in [2.75, 3.05) is 13.1 Å². The van der Waals surface area contributed by atoms with Crippen LogP contribution in [0.5, 0.6) is 5.75 Å². The first kappa shape index (κ1) is 23.6. The van der Waals surface area contributed by atoms with Gasteiger partial charge in [-0.2, -0.15) is 0 Å². The number of hydrogen-bond donors (Lipinski definition) is 0. The Morgan fingerprint density at radius 1 is 1.09 bits per heavy atom. The van der Waals surface area contributed by atoms with Crippen LogP contribution in [0.25, 0.3) is 0 Å². The summed E-state index contributed by atoms with van der Waals surface area (Å²) in [5.74, 6) is 1.36. The van der Waals surface area contributed by atoms with Gasteiger partial charge in [0.15, 0.2) is 5.88 Å². The van der Waals surface area contributed by atoms with Crippen LogP contribution in [-0.2, 0) is 17.9 Å². The fraction of sp³-hybridized carbons (Fsp3) is 0.500. The molecular formula is C28H37FN2O2. The predicted octanol–water partition coefficient (Wildman–Crippen LogP) is 6.04. The van der Waals surface area contributed by atoms with Crippen molar-refractivity contribution in [3.8, 4) is 5.75 Å². The van der Waals surface area contributed by atoms with Crippen LogP contribution >= 0.6 is 0 Å². The minimum absolute atomic E-state index is 0.154. The summed E-state index contributed by atoms with van der Waals surface area (Å²) < 4.78 is 25.6. The molecule has 0 atom stereocenters. The summed E-state index contributed by atoms with van der Waals surface area (Å²) in [6, 6.07) is 14.2. The number of aryl methyl sites for hydroxylation is 1. The van der Waals surface area contributed by atoms with Crippen LogP contribution in [0.2, 0.25) is 0 Å². The van der Waals surface area contributed by atoms with E-state index in [1.807, 2.05) is 51.1 Å². The molecule has 178 valence electrons. The molecule has 0 unspecified atom stereocenters. The zero-order valence-electron chi connectivity index (χ0n) is 20.2. The lowest BCUT2D eigenvalue weighted by Gasteiger charge is -2.40. The molecule has 0 radical (unpaired) electrons. The van der Waals surface area contributed by atoms with Gasteiger partial charge in [0.25, 0.3) is 0 Å². The fourth-order valence-electron chi connectivity index (χ4n) is 4.63. The number of nitrogens with zero attached hydrogens (tertiary/aromatic N) is 2. The third-order valence-corrected chi connectivity index (χ3v) is 6.67. The third-order valence-electron chi connectivity index (χ3n) is 6.67. The normalized spacial score (nSPS) is 17.2. The van der Waals surface area contributed by atoms with E-state index in [4.69, 9.17) is 9.47 Å². The van der Waals surface area contributed by atoms with Crippen LogP contribution in [0.15, 0.2) is 54.9 Å². The molecule has 0 spiro atoms. The first-order valence-electron chi connectivity index (χ1n) is 12.2. The third kappa shape index (κ3) is 6.50. The summed E-state index contributed by atoms with van der Waals surface area (Å²) in [4.78, 5) is 4.92. The average molecular weight is 453 g/mol. The summed E-state index contributed by atoms with van der Waals surface area (Å²) in [5.41, 5.74) is 3.15. The second-order valence-electron chi connectivity index (χ2n) is 9.69. The molecule has 1 heterocycles. The average Bonchev–Trinajstić information content (AvgIpc) is 3.63. The molecule has 1 aliphatic carbocycles. The van der Waals surface area contributed by atoms with Crippen LogP contribution in [0.1, 0.15) is 56.2 Å². The van der Waals surface area contributed by atoms with Crippen molar-refractivity contribution in [2.45, 2.75) is 77.8 Å². The number of benzene rings is 2. The molecule has 33 heavy (non-hydrogen) atoms. The molecule has 4 nitrogen and oxygen atoms in total. The molecule has 2 aromatic carbocycles. The first-order chi connectivity index (χ1) is 15.9. The summed E-state index contributed by atoms with van der Waals surface area (Å²) in [6.07, 6.45) is 5.04. The molecule has 1 aliphatic heterocycles. The predicted molar refractivity (Wildman–Crippen MR) is 130 cm³/mol. The van der Waals surface area contributed by atoms with Crippen molar-refractivity contribution in [3.05, 3.63) is 77.4 Å². The fourth-order valence-corrected chi connectivity index (χ4v) is 4.63. The van der Waals surface area contributed by atoms with Crippen molar-refractivity contribution >= 4 is 0 Å². The molecule has 1 saturated carbocycles. The Labute approximate surface area is 198 Å². The highest BCUT2D eigenvalue weighted by atomic mass is 19.1. The van der Waals surface area contributed by atoms with Gasteiger partial charge in [0.1, 0.15) is 18.2 Å². The van der Waals surface area contributed by atoms with E-state index in [-0.39, 0.29) is 11.9 Å². The highest BCUT2D eigenvalue weighted by molar-refractivity contribution is 5.28. The molecule has 0 amide bonds. The van der Waals surface area contributed by atoms with Crippen molar-refractivity contribution in [2.24, 2.45) is 0 Å². The summed E-state index contributed by atoms with van der Waals surface area (Å²) in [6.45, 7) is 13.7. The molecule has 5 heteroatoms. The number of halogens is 1. The summed E-state index contributed by atoms with van der Waals surface area (Å²) in [7, 11) is 0. The minimum Gasteiger partial charge on any atom is -0.491 e. The number of rotatable bonds is 10. The second kappa shape index (κ2) is 10.6. The van der Waals surface area contributed by atoms with E-state index in [2.05, 4.69) is 16.4 Å². The molecule has 0 N–H and O–H groups in total. The number of piperidine rings is 1. The maximum atomic E-state index is 13.7. The van der Waals surface area contributed by atoms with E-state index in [1.165, 1.54) is 12.8 Å². The zero-order valence-corrected chi connectivity index (χ0v) is 20.2. The van der Waals surface area contributed by atoms with Gasteiger partial charge in [-0.3, -0.25) is 0 Å². The standard InChI is InChI=1S/C28H37FN2O2/c1-20(2)33-28-11-5-23(6-12-28)19-32-22(4)31(18-24-7-8-25(29)17-21(24)3)27-13-15-30(16-14-27)26-9-10-26/h5-8,11-12,17,20,26-27H,4,9-10,13-16,18-19H2,1-3H3. The Morgan fingerprint density at radius 3 is 2.39 bits per heavy atom. The Kier molecular flexibility index (Phi) is 7.59. The second-order valence-corrected chi connectivity index (χ2v) is 9.69. The maximum Gasteiger partial charge on any atom is 0.182 e. The molecule has 1 saturated heterocycles. The Balaban J connectivity index is 1.41. The molecule has 2 aliphatic rings. The van der Waals surface area contributed by atoms with Gasteiger partial charge in [0.05, 0.1) is 6.10 Å². The van der Waals surface area contributed by atoms with E-state index >= 15 is 0 Å². The summed E-state index contributed by atoms with van der Waals surface area (Å²) >= 11 is 0. The molecule has 0 aromatic heterocycles. The Hall–Kier alpha value is -2.53. The summed E-state index contributed by atoms with van der Waals surface area (Å²) in [5, 5.41) is 0. The van der Waals surface area contributed by atoms with Gasteiger partial charge in [0.2, 0.25) is 0 Å². The van der Waals surface area contributed by atoms with E-state index in [0.29, 0.717) is 25.1 Å². The van der Waals surface area contributed by atoms with Crippen LogP contribution in [0.4, 0.5) is 4.39 Å². The first-order valence-corrected chi connectivity index (χ1v) is 12.2. The topological polar surface area (TPSA) is 24.9 Å². The minimum atomic E-state index is -0.194.